The van der Waals surface area contributed by atoms with Gasteiger partial charge in [0, 0.05) is 10.6 Å². The van der Waals surface area contributed by atoms with Gasteiger partial charge in [-0.25, -0.2) is 4.68 Å². The SMILES string of the molecule is CC(C)c1c(CCl)cnn1-c1cccc(Cl)c1. The molecule has 0 unspecified atom stereocenters. The number of hydrogen-bond acceptors (Lipinski definition) is 1. The zero-order valence-electron chi connectivity index (χ0n) is 9.82. The van der Waals surface area contributed by atoms with E-state index in [0.717, 1.165) is 16.9 Å². The van der Waals surface area contributed by atoms with Crippen molar-refractivity contribution in [3.63, 3.8) is 0 Å². The van der Waals surface area contributed by atoms with Gasteiger partial charge in [-0.05, 0) is 24.1 Å². The highest BCUT2D eigenvalue weighted by molar-refractivity contribution is 6.30. The Hall–Kier alpha value is -0.990. The molecule has 1 heterocycles. The van der Waals surface area contributed by atoms with Crippen molar-refractivity contribution in [3.05, 3.63) is 46.7 Å². The van der Waals surface area contributed by atoms with E-state index >= 15 is 0 Å². The van der Waals surface area contributed by atoms with Crippen LogP contribution in [0.4, 0.5) is 0 Å². The summed E-state index contributed by atoms with van der Waals surface area (Å²) in [5.74, 6) is 0.846. The van der Waals surface area contributed by atoms with Crippen LogP contribution in [0.3, 0.4) is 0 Å². The molecule has 0 spiro atoms. The fraction of sp³-hybridized carbons (Fsp3) is 0.308. The van der Waals surface area contributed by atoms with Crippen LogP contribution in [0, 0.1) is 0 Å². The van der Waals surface area contributed by atoms with Crippen LogP contribution in [0.15, 0.2) is 30.5 Å². The van der Waals surface area contributed by atoms with Crippen molar-refractivity contribution in [3.8, 4) is 5.69 Å². The minimum Gasteiger partial charge on any atom is -0.237 e. The molecular weight excluding hydrogens is 255 g/mol. The molecule has 0 aliphatic heterocycles. The maximum atomic E-state index is 6.00. The quantitative estimate of drug-likeness (QED) is 0.756. The molecule has 0 atom stereocenters. The van der Waals surface area contributed by atoms with Crippen molar-refractivity contribution in [2.75, 3.05) is 0 Å². The fourth-order valence-electron chi connectivity index (χ4n) is 1.92. The van der Waals surface area contributed by atoms with Crippen LogP contribution in [0.5, 0.6) is 0 Å². The summed E-state index contributed by atoms with van der Waals surface area (Å²) < 4.78 is 1.91. The lowest BCUT2D eigenvalue weighted by Crippen LogP contribution is -2.05. The van der Waals surface area contributed by atoms with Crippen LogP contribution in [0.1, 0.15) is 31.0 Å². The molecule has 2 rings (SSSR count). The number of rotatable bonds is 3. The first-order valence-electron chi connectivity index (χ1n) is 5.52. The van der Waals surface area contributed by atoms with Gasteiger partial charge < -0.3 is 0 Å². The molecule has 0 fully saturated rings. The van der Waals surface area contributed by atoms with E-state index in [1.165, 1.54) is 0 Å². The molecule has 0 saturated carbocycles. The van der Waals surface area contributed by atoms with Crippen molar-refractivity contribution in [2.24, 2.45) is 0 Å². The van der Waals surface area contributed by atoms with Gasteiger partial charge in [0.05, 0.1) is 23.5 Å². The molecule has 4 heteroatoms. The molecule has 0 bridgehead atoms. The summed E-state index contributed by atoms with van der Waals surface area (Å²) in [6, 6.07) is 7.66. The van der Waals surface area contributed by atoms with Crippen molar-refractivity contribution in [1.82, 2.24) is 9.78 Å². The van der Waals surface area contributed by atoms with Crippen LogP contribution in [-0.4, -0.2) is 9.78 Å². The Morgan fingerprint density at radius 3 is 2.71 bits per heavy atom. The summed E-state index contributed by atoms with van der Waals surface area (Å²) in [6.07, 6.45) is 1.82. The summed E-state index contributed by atoms with van der Waals surface area (Å²) in [5.41, 5.74) is 3.18. The summed E-state index contributed by atoms with van der Waals surface area (Å²) in [4.78, 5) is 0. The Kier molecular flexibility index (Phi) is 3.75. The van der Waals surface area contributed by atoms with E-state index < -0.39 is 0 Å². The zero-order valence-corrected chi connectivity index (χ0v) is 11.3. The van der Waals surface area contributed by atoms with Crippen LogP contribution in [-0.2, 0) is 5.88 Å². The van der Waals surface area contributed by atoms with Gasteiger partial charge in [0.1, 0.15) is 0 Å². The Morgan fingerprint density at radius 2 is 2.12 bits per heavy atom. The summed E-state index contributed by atoms with van der Waals surface area (Å²) in [7, 11) is 0. The molecule has 0 saturated heterocycles. The number of aromatic nitrogens is 2. The summed E-state index contributed by atoms with van der Waals surface area (Å²) in [6.45, 7) is 4.27. The predicted octanol–water partition coefficient (Wildman–Crippen LogP) is 4.39. The van der Waals surface area contributed by atoms with E-state index in [-0.39, 0.29) is 0 Å². The third kappa shape index (κ3) is 2.48. The van der Waals surface area contributed by atoms with E-state index in [1.54, 1.807) is 0 Å². The molecule has 0 aliphatic rings. The van der Waals surface area contributed by atoms with Gasteiger partial charge in [-0.1, -0.05) is 31.5 Å². The van der Waals surface area contributed by atoms with Crippen molar-refractivity contribution in [1.29, 1.82) is 0 Å². The monoisotopic (exact) mass is 268 g/mol. The number of alkyl halides is 1. The number of halogens is 2. The average molecular weight is 269 g/mol. The largest absolute Gasteiger partial charge is 0.237 e. The van der Waals surface area contributed by atoms with Crippen LogP contribution < -0.4 is 0 Å². The fourth-order valence-corrected chi connectivity index (χ4v) is 2.31. The molecular formula is C13H14Cl2N2. The number of nitrogens with zero attached hydrogens (tertiary/aromatic N) is 2. The van der Waals surface area contributed by atoms with E-state index in [2.05, 4.69) is 18.9 Å². The zero-order chi connectivity index (χ0) is 12.4. The first kappa shape index (κ1) is 12.5. The molecule has 0 radical (unpaired) electrons. The molecule has 1 aromatic heterocycles. The average Bonchev–Trinajstić information content (AvgIpc) is 2.72. The summed E-state index contributed by atoms with van der Waals surface area (Å²) in [5, 5.41) is 5.10. The van der Waals surface area contributed by atoms with Crippen LogP contribution in [0.25, 0.3) is 5.69 Å². The molecule has 2 nitrogen and oxygen atoms in total. The van der Waals surface area contributed by atoms with Gasteiger partial charge in [0.2, 0.25) is 0 Å². The second kappa shape index (κ2) is 5.11. The molecule has 17 heavy (non-hydrogen) atoms. The van der Waals surface area contributed by atoms with Crippen molar-refractivity contribution in [2.45, 2.75) is 25.6 Å². The Balaban J connectivity index is 2.56. The lowest BCUT2D eigenvalue weighted by molar-refractivity contribution is 0.729. The normalized spacial score (nSPS) is 11.1. The number of benzene rings is 1. The van der Waals surface area contributed by atoms with Gasteiger partial charge in [0.15, 0.2) is 0 Å². The van der Waals surface area contributed by atoms with E-state index in [0.29, 0.717) is 16.8 Å². The first-order chi connectivity index (χ1) is 8.13. The Labute approximate surface area is 111 Å². The standard InChI is InChI=1S/C13H14Cl2N2/c1-9(2)13-10(7-14)8-16-17(13)12-5-3-4-11(15)6-12/h3-6,8-9H,7H2,1-2H3. The summed E-state index contributed by atoms with van der Waals surface area (Å²) >= 11 is 11.9. The van der Waals surface area contributed by atoms with Gasteiger partial charge >= 0.3 is 0 Å². The molecule has 2 aromatic rings. The lowest BCUT2D eigenvalue weighted by atomic mass is 10.1. The Morgan fingerprint density at radius 1 is 1.35 bits per heavy atom. The van der Waals surface area contributed by atoms with E-state index in [9.17, 15) is 0 Å². The minimum absolute atomic E-state index is 0.366. The predicted molar refractivity (Wildman–Crippen MR) is 72.2 cm³/mol. The van der Waals surface area contributed by atoms with E-state index in [4.69, 9.17) is 23.2 Å². The topological polar surface area (TPSA) is 17.8 Å². The van der Waals surface area contributed by atoms with Gasteiger partial charge in [-0.2, -0.15) is 5.10 Å². The molecule has 0 amide bonds. The van der Waals surface area contributed by atoms with Crippen molar-refractivity contribution < 1.29 is 0 Å². The van der Waals surface area contributed by atoms with Crippen LogP contribution in [0.2, 0.25) is 5.02 Å². The van der Waals surface area contributed by atoms with Gasteiger partial charge in [-0.15, -0.1) is 11.6 Å². The third-order valence-electron chi connectivity index (χ3n) is 2.63. The van der Waals surface area contributed by atoms with Crippen LogP contribution >= 0.6 is 23.2 Å². The second-order valence-electron chi connectivity index (χ2n) is 4.24. The highest BCUT2D eigenvalue weighted by Gasteiger charge is 2.14. The minimum atomic E-state index is 0.366. The van der Waals surface area contributed by atoms with Crippen molar-refractivity contribution >= 4 is 23.2 Å². The second-order valence-corrected chi connectivity index (χ2v) is 4.94. The number of hydrogen-bond donors (Lipinski definition) is 0. The third-order valence-corrected chi connectivity index (χ3v) is 3.15. The van der Waals surface area contributed by atoms with E-state index in [1.807, 2.05) is 35.1 Å². The Bertz CT molecular complexity index is 518. The maximum absolute atomic E-state index is 6.00. The lowest BCUT2D eigenvalue weighted by Gasteiger charge is -2.12. The van der Waals surface area contributed by atoms with Gasteiger partial charge in [-0.3, -0.25) is 0 Å². The molecule has 0 N–H and O–H groups in total. The maximum Gasteiger partial charge on any atom is 0.0663 e. The van der Waals surface area contributed by atoms with Gasteiger partial charge in [0.25, 0.3) is 0 Å². The molecule has 0 aliphatic carbocycles. The highest BCUT2D eigenvalue weighted by Crippen LogP contribution is 2.25. The smallest absolute Gasteiger partial charge is 0.0663 e. The molecule has 90 valence electrons. The first-order valence-corrected chi connectivity index (χ1v) is 6.43. The molecule has 1 aromatic carbocycles. The highest BCUT2D eigenvalue weighted by atomic mass is 35.5.